The van der Waals surface area contributed by atoms with Gasteiger partial charge in [0.1, 0.15) is 0 Å². The smallest absolute Gasteiger partial charge is 0.221 e. The molecular weight excluding hydrogens is 290 g/mol. The molecule has 0 aromatic carbocycles. The maximum absolute atomic E-state index is 11.9. The van der Waals surface area contributed by atoms with Crippen molar-refractivity contribution in [2.24, 2.45) is 0 Å². The summed E-state index contributed by atoms with van der Waals surface area (Å²) in [5, 5.41) is 14.7. The summed E-state index contributed by atoms with van der Waals surface area (Å²) < 4.78 is 0. The highest BCUT2D eigenvalue weighted by molar-refractivity contribution is 5.76. The third kappa shape index (κ3) is 4.64. The third-order valence-electron chi connectivity index (χ3n) is 4.86. The lowest BCUT2D eigenvalue weighted by Gasteiger charge is -2.25. The Labute approximate surface area is 138 Å². The van der Waals surface area contributed by atoms with Crippen molar-refractivity contribution in [2.75, 3.05) is 24.5 Å². The van der Waals surface area contributed by atoms with E-state index in [-0.39, 0.29) is 5.91 Å². The summed E-state index contributed by atoms with van der Waals surface area (Å²) >= 11 is 0. The maximum Gasteiger partial charge on any atom is 0.221 e. The lowest BCUT2D eigenvalue weighted by Crippen LogP contribution is -2.40. The average molecular weight is 317 g/mol. The number of carbonyl (C=O) groups excluding carboxylic acids is 1. The normalized spacial score (nSPS) is 21.7. The van der Waals surface area contributed by atoms with Crippen LogP contribution in [0.25, 0.3) is 0 Å². The first-order valence-electron chi connectivity index (χ1n) is 8.87. The third-order valence-corrected chi connectivity index (χ3v) is 4.86. The molecule has 1 aliphatic carbocycles. The van der Waals surface area contributed by atoms with Gasteiger partial charge in [0, 0.05) is 44.3 Å². The van der Waals surface area contributed by atoms with Crippen molar-refractivity contribution in [1.29, 1.82) is 0 Å². The molecule has 1 amide bonds. The standard InChI is InChI=1S/C17H27N5O/c23-17(20-14-5-1-2-6-14)9-11-18-13-15-7-4-12-22(15)16-8-3-10-19-21-16/h3,8,10,14-15,18H,1-2,4-7,9,11-13H2,(H,20,23)/t15-/m1/s1. The molecule has 6 nitrogen and oxygen atoms in total. The molecule has 2 aliphatic rings. The monoisotopic (exact) mass is 317 g/mol. The number of hydrogen-bond acceptors (Lipinski definition) is 5. The zero-order valence-electron chi connectivity index (χ0n) is 13.7. The lowest BCUT2D eigenvalue weighted by atomic mass is 10.2. The molecule has 0 radical (unpaired) electrons. The van der Waals surface area contributed by atoms with Crippen LogP contribution in [-0.4, -0.2) is 47.8 Å². The second-order valence-electron chi connectivity index (χ2n) is 6.57. The Kier molecular flexibility index (Phi) is 5.80. The van der Waals surface area contributed by atoms with Crippen molar-refractivity contribution < 1.29 is 4.79 Å². The Morgan fingerprint density at radius 3 is 2.91 bits per heavy atom. The summed E-state index contributed by atoms with van der Waals surface area (Å²) in [5.41, 5.74) is 0. The number of carbonyl (C=O) groups is 1. The van der Waals surface area contributed by atoms with Gasteiger partial charge in [-0.15, -0.1) is 5.10 Å². The van der Waals surface area contributed by atoms with E-state index in [0.717, 1.165) is 44.7 Å². The van der Waals surface area contributed by atoms with Crippen LogP contribution in [0.3, 0.4) is 0 Å². The first-order valence-corrected chi connectivity index (χ1v) is 8.87. The van der Waals surface area contributed by atoms with Crippen LogP contribution < -0.4 is 15.5 Å². The van der Waals surface area contributed by atoms with Gasteiger partial charge < -0.3 is 15.5 Å². The predicted octanol–water partition coefficient (Wildman–Crippen LogP) is 1.48. The number of aromatic nitrogens is 2. The van der Waals surface area contributed by atoms with Crippen LogP contribution in [0.15, 0.2) is 18.3 Å². The van der Waals surface area contributed by atoms with Crippen molar-refractivity contribution in [1.82, 2.24) is 20.8 Å². The molecule has 1 atom stereocenters. The highest BCUT2D eigenvalue weighted by atomic mass is 16.1. The summed E-state index contributed by atoms with van der Waals surface area (Å²) in [4.78, 5) is 14.2. The van der Waals surface area contributed by atoms with E-state index in [2.05, 4.69) is 25.7 Å². The van der Waals surface area contributed by atoms with E-state index in [0.29, 0.717) is 18.5 Å². The first kappa shape index (κ1) is 16.2. The van der Waals surface area contributed by atoms with Crippen molar-refractivity contribution in [3.8, 4) is 0 Å². The fraction of sp³-hybridized carbons (Fsp3) is 0.706. The summed E-state index contributed by atoms with van der Waals surface area (Å²) in [7, 11) is 0. The molecule has 2 fully saturated rings. The molecule has 1 aromatic rings. The molecule has 0 bridgehead atoms. The lowest BCUT2D eigenvalue weighted by molar-refractivity contribution is -0.121. The highest BCUT2D eigenvalue weighted by Crippen LogP contribution is 2.22. The van der Waals surface area contributed by atoms with Crippen molar-refractivity contribution in [3.05, 3.63) is 18.3 Å². The molecule has 2 N–H and O–H groups in total. The van der Waals surface area contributed by atoms with Gasteiger partial charge in [-0.05, 0) is 37.8 Å². The van der Waals surface area contributed by atoms with E-state index in [1.54, 1.807) is 6.20 Å². The van der Waals surface area contributed by atoms with Gasteiger partial charge in [-0.25, -0.2) is 0 Å². The van der Waals surface area contributed by atoms with E-state index in [1.165, 1.54) is 19.3 Å². The van der Waals surface area contributed by atoms with Crippen LogP contribution in [0.5, 0.6) is 0 Å². The molecule has 1 saturated carbocycles. The molecule has 0 unspecified atom stereocenters. The fourth-order valence-electron chi connectivity index (χ4n) is 3.64. The largest absolute Gasteiger partial charge is 0.353 e. The van der Waals surface area contributed by atoms with Gasteiger partial charge in [-0.2, -0.15) is 5.10 Å². The van der Waals surface area contributed by atoms with Crippen LogP contribution in [0.4, 0.5) is 5.82 Å². The van der Waals surface area contributed by atoms with Gasteiger partial charge >= 0.3 is 0 Å². The minimum atomic E-state index is 0.182. The van der Waals surface area contributed by atoms with Crippen LogP contribution in [-0.2, 0) is 4.79 Å². The van der Waals surface area contributed by atoms with Crippen LogP contribution >= 0.6 is 0 Å². The van der Waals surface area contributed by atoms with Gasteiger partial charge in [-0.1, -0.05) is 12.8 Å². The highest BCUT2D eigenvalue weighted by Gasteiger charge is 2.25. The number of hydrogen-bond donors (Lipinski definition) is 2. The molecule has 126 valence electrons. The zero-order chi connectivity index (χ0) is 15.9. The van der Waals surface area contributed by atoms with E-state index in [9.17, 15) is 4.79 Å². The minimum Gasteiger partial charge on any atom is -0.353 e. The summed E-state index contributed by atoms with van der Waals surface area (Å²) in [6.45, 7) is 2.67. The molecule has 0 spiro atoms. The molecule has 3 rings (SSSR count). The van der Waals surface area contributed by atoms with Gasteiger partial charge in [0.15, 0.2) is 5.82 Å². The van der Waals surface area contributed by atoms with Gasteiger partial charge in [-0.3, -0.25) is 4.79 Å². The Bertz CT molecular complexity index is 489. The molecular formula is C17H27N5O. The maximum atomic E-state index is 11.9. The Hall–Kier alpha value is -1.69. The molecule has 1 aliphatic heterocycles. The minimum absolute atomic E-state index is 0.182. The zero-order valence-corrected chi connectivity index (χ0v) is 13.7. The van der Waals surface area contributed by atoms with E-state index in [4.69, 9.17) is 0 Å². The van der Waals surface area contributed by atoms with Crippen molar-refractivity contribution in [3.63, 3.8) is 0 Å². The quantitative estimate of drug-likeness (QED) is 0.746. The number of rotatable bonds is 7. The summed E-state index contributed by atoms with van der Waals surface area (Å²) in [6.07, 6.45) is 9.42. The molecule has 6 heteroatoms. The summed E-state index contributed by atoms with van der Waals surface area (Å²) in [6, 6.07) is 4.81. The second kappa shape index (κ2) is 8.24. The van der Waals surface area contributed by atoms with Crippen LogP contribution in [0.2, 0.25) is 0 Å². The fourth-order valence-corrected chi connectivity index (χ4v) is 3.64. The van der Waals surface area contributed by atoms with Gasteiger partial charge in [0.05, 0.1) is 0 Å². The SMILES string of the molecule is O=C(CCNC[C@H]1CCCN1c1cccnn1)NC1CCCC1. The Morgan fingerprint density at radius 1 is 1.26 bits per heavy atom. The van der Waals surface area contributed by atoms with Crippen molar-refractivity contribution in [2.45, 2.75) is 57.0 Å². The number of amides is 1. The Balaban J connectivity index is 1.35. The van der Waals surface area contributed by atoms with Crippen molar-refractivity contribution >= 4 is 11.7 Å². The van der Waals surface area contributed by atoms with Gasteiger partial charge in [0.2, 0.25) is 5.91 Å². The topological polar surface area (TPSA) is 70.2 Å². The first-order chi connectivity index (χ1) is 11.3. The van der Waals surface area contributed by atoms with Gasteiger partial charge in [0.25, 0.3) is 0 Å². The molecule has 1 saturated heterocycles. The predicted molar refractivity (Wildman–Crippen MR) is 90.3 cm³/mol. The summed E-state index contributed by atoms with van der Waals surface area (Å²) in [5.74, 6) is 1.14. The Morgan fingerprint density at radius 2 is 2.13 bits per heavy atom. The van der Waals surface area contributed by atoms with E-state index >= 15 is 0 Å². The van der Waals surface area contributed by atoms with Crippen LogP contribution in [0.1, 0.15) is 44.9 Å². The molecule has 2 heterocycles. The van der Waals surface area contributed by atoms with Crippen LogP contribution in [0, 0.1) is 0 Å². The number of anilines is 1. The number of nitrogens with one attached hydrogen (secondary N) is 2. The number of nitrogens with zero attached hydrogens (tertiary/aromatic N) is 3. The molecule has 23 heavy (non-hydrogen) atoms. The molecule has 1 aromatic heterocycles. The second-order valence-corrected chi connectivity index (χ2v) is 6.57. The van der Waals surface area contributed by atoms with E-state index < -0.39 is 0 Å². The average Bonchev–Trinajstić information content (AvgIpc) is 3.24. The van der Waals surface area contributed by atoms with E-state index in [1.807, 2.05) is 12.1 Å².